The van der Waals surface area contributed by atoms with Gasteiger partial charge >= 0.3 is 0 Å². The molecule has 9 nitrogen and oxygen atoms in total. The molecule has 0 aliphatic rings. The van der Waals surface area contributed by atoms with E-state index in [1.54, 1.807) is 36.4 Å². The van der Waals surface area contributed by atoms with Crippen LogP contribution in [0.2, 0.25) is 0 Å². The molecule has 2 aromatic carbocycles. The minimum absolute atomic E-state index is 0.196. The second kappa shape index (κ2) is 7.03. The van der Waals surface area contributed by atoms with E-state index in [2.05, 4.69) is 25.9 Å². The maximum atomic E-state index is 13.0. The predicted molar refractivity (Wildman–Crippen MR) is 104 cm³/mol. The lowest BCUT2D eigenvalue weighted by Crippen LogP contribution is -2.27. The fraction of sp³-hybridized carbons (Fsp3) is 0.158. The zero-order chi connectivity index (χ0) is 19.7. The van der Waals surface area contributed by atoms with E-state index in [1.165, 1.54) is 15.7 Å². The Hall–Kier alpha value is -3.88. The molecule has 0 spiro atoms. The van der Waals surface area contributed by atoms with Gasteiger partial charge < -0.3 is 5.32 Å². The number of nitrogens with one attached hydrogen (secondary N) is 1. The van der Waals surface area contributed by atoms with Gasteiger partial charge in [-0.05, 0) is 48.0 Å². The molecular formula is C19H17N7O2. The molecule has 0 unspecified atom stereocenters. The predicted octanol–water partition coefficient (Wildman–Crippen LogP) is 1.95. The van der Waals surface area contributed by atoms with Crippen molar-refractivity contribution >= 4 is 22.4 Å². The molecule has 0 bridgehead atoms. The molecule has 9 heteroatoms. The summed E-state index contributed by atoms with van der Waals surface area (Å²) in [4.78, 5) is 25.4. The van der Waals surface area contributed by atoms with E-state index in [0.717, 1.165) is 11.3 Å². The summed E-state index contributed by atoms with van der Waals surface area (Å²) in [7, 11) is 0. The molecule has 4 aromatic rings. The molecule has 4 rings (SSSR count). The number of amides is 1. The first-order chi connectivity index (χ1) is 13.6. The first kappa shape index (κ1) is 17.5. The van der Waals surface area contributed by atoms with Crippen molar-refractivity contribution in [1.82, 2.24) is 30.0 Å². The van der Waals surface area contributed by atoms with E-state index >= 15 is 0 Å². The van der Waals surface area contributed by atoms with Crippen LogP contribution in [0, 0.1) is 6.92 Å². The Morgan fingerprint density at radius 3 is 2.64 bits per heavy atom. The van der Waals surface area contributed by atoms with Crippen molar-refractivity contribution in [2.24, 2.45) is 0 Å². The first-order valence-corrected chi connectivity index (χ1v) is 8.73. The van der Waals surface area contributed by atoms with Gasteiger partial charge in [0.1, 0.15) is 6.33 Å². The van der Waals surface area contributed by atoms with E-state index < -0.39 is 5.91 Å². The molecule has 0 fully saturated rings. The number of tetrazole rings is 1. The van der Waals surface area contributed by atoms with Crippen LogP contribution < -0.4 is 10.9 Å². The topological polar surface area (TPSA) is 108 Å². The summed E-state index contributed by atoms with van der Waals surface area (Å²) in [6.45, 7) is 4.11. The second-order valence-corrected chi connectivity index (χ2v) is 6.22. The fourth-order valence-electron chi connectivity index (χ4n) is 3.01. The number of aromatic nitrogens is 6. The monoisotopic (exact) mass is 375 g/mol. The van der Waals surface area contributed by atoms with Crippen LogP contribution in [0.15, 0.2) is 53.6 Å². The van der Waals surface area contributed by atoms with Crippen molar-refractivity contribution < 1.29 is 4.79 Å². The van der Waals surface area contributed by atoms with Crippen LogP contribution in [0.3, 0.4) is 0 Å². The average molecular weight is 375 g/mol. The van der Waals surface area contributed by atoms with Crippen LogP contribution in [0.25, 0.3) is 16.5 Å². The highest BCUT2D eigenvalue weighted by Gasteiger charge is 2.17. The highest BCUT2D eigenvalue weighted by molar-refractivity contribution is 6.11. The second-order valence-electron chi connectivity index (χ2n) is 6.22. The first-order valence-electron chi connectivity index (χ1n) is 8.73. The number of hydrogen-bond donors (Lipinski definition) is 1. The molecule has 0 aliphatic carbocycles. The van der Waals surface area contributed by atoms with E-state index in [4.69, 9.17) is 0 Å². The van der Waals surface area contributed by atoms with Gasteiger partial charge in [0.2, 0.25) is 0 Å². The summed E-state index contributed by atoms with van der Waals surface area (Å²) >= 11 is 0. The zero-order valence-corrected chi connectivity index (χ0v) is 15.3. The minimum Gasteiger partial charge on any atom is -0.321 e. The maximum Gasteiger partial charge on any atom is 0.276 e. The van der Waals surface area contributed by atoms with Crippen molar-refractivity contribution in [3.63, 3.8) is 0 Å². The molecule has 28 heavy (non-hydrogen) atoms. The lowest BCUT2D eigenvalue weighted by Gasteiger charge is -2.12. The van der Waals surface area contributed by atoms with Gasteiger partial charge in [-0.25, -0.2) is 9.36 Å². The number of fused-ring (bicyclic) bond motifs is 1. The highest BCUT2D eigenvalue weighted by atomic mass is 16.2. The van der Waals surface area contributed by atoms with E-state index in [0.29, 0.717) is 23.0 Å². The van der Waals surface area contributed by atoms with Crippen molar-refractivity contribution in [2.45, 2.75) is 20.4 Å². The Labute approximate surface area is 159 Å². The molecular weight excluding hydrogens is 358 g/mol. The normalized spacial score (nSPS) is 10.9. The van der Waals surface area contributed by atoms with Crippen LogP contribution in [-0.4, -0.2) is 35.9 Å². The third kappa shape index (κ3) is 3.02. The van der Waals surface area contributed by atoms with Crippen LogP contribution in [-0.2, 0) is 6.54 Å². The van der Waals surface area contributed by atoms with Crippen LogP contribution >= 0.6 is 0 Å². The fourth-order valence-corrected chi connectivity index (χ4v) is 3.01. The summed E-state index contributed by atoms with van der Waals surface area (Å²) in [5, 5.41) is 19.3. The van der Waals surface area contributed by atoms with Crippen molar-refractivity contribution in [2.75, 3.05) is 5.32 Å². The van der Waals surface area contributed by atoms with Crippen LogP contribution in [0.5, 0.6) is 0 Å². The number of hydrogen-bond acceptors (Lipinski definition) is 6. The summed E-state index contributed by atoms with van der Waals surface area (Å²) in [5.41, 5.74) is 2.25. The lowest BCUT2D eigenvalue weighted by atomic mass is 10.1. The third-order valence-electron chi connectivity index (χ3n) is 4.45. The number of nitrogens with zero attached hydrogens (tertiary/aromatic N) is 6. The van der Waals surface area contributed by atoms with Gasteiger partial charge in [0, 0.05) is 17.6 Å². The third-order valence-corrected chi connectivity index (χ3v) is 4.45. The van der Waals surface area contributed by atoms with Gasteiger partial charge in [-0.1, -0.05) is 24.3 Å². The van der Waals surface area contributed by atoms with E-state index in [1.807, 2.05) is 19.9 Å². The number of anilines is 1. The largest absolute Gasteiger partial charge is 0.321 e. The Kier molecular flexibility index (Phi) is 4.40. The number of carbonyl (C=O) groups is 1. The lowest BCUT2D eigenvalue weighted by molar-refractivity contribution is 0.102. The highest BCUT2D eigenvalue weighted by Crippen LogP contribution is 2.20. The van der Waals surface area contributed by atoms with E-state index in [-0.39, 0.29) is 11.3 Å². The number of carbonyl (C=O) groups excluding carboxylic acids is 1. The average Bonchev–Trinajstić information content (AvgIpc) is 3.24. The SMILES string of the molecule is CCn1nc(C(=O)Nc2ccc(C)c(-n3cnnn3)c2)c2ccccc2c1=O. The van der Waals surface area contributed by atoms with Crippen molar-refractivity contribution in [3.8, 4) is 5.69 Å². The number of benzene rings is 2. The van der Waals surface area contributed by atoms with Gasteiger partial charge in [0.05, 0.1) is 11.1 Å². The van der Waals surface area contributed by atoms with Gasteiger partial charge in [0.25, 0.3) is 11.5 Å². The molecule has 140 valence electrons. The Balaban J connectivity index is 1.75. The summed E-state index contributed by atoms with van der Waals surface area (Å²) in [6.07, 6.45) is 1.49. The molecule has 0 radical (unpaired) electrons. The van der Waals surface area contributed by atoms with Crippen LogP contribution in [0.1, 0.15) is 23.0 Å². The van der Waals surface area contributed by atoms with Crippen molar-refractivity contribution in [3.05, 3.63) is 70.4 Å². The number of aryl methyl sites for hydroxylation is 2. The zero-order valence-electron chi connectivity index (χ0n) is 15.3. The Bertz CT molecular complexity index is 1230. The molecule has 0 saturated carbocycles. The van der Waals surface area contributed by atoms with E-state index in [9.17, 15) is 9.59 Å². The van der Waals surface area contributed by atoms with Gasteiger partial charge in [0.15, 0.2) is 5.69 Å². The Morgan fingerprint density at radius 1 is 1.14 bits per heavy atom. The summed E-state index contributed by atoms with van der Waals surface area (Å²) < 4.78 is 2.81. The van der Waals surface area contributed by atoms with Crippen molar-refractivity contribution in [1.29, 1.82) is 0 Å². The quantitative estimate of drug-likeness (QED) is 0.584. The standard InChI is InChI=1S/C19H17N7O2/c1-3-25-19(28)15-7-5-4-6-14(15)17(22-25)18(27)21-13-9-8-12(2)16(10-13)26-11-20-23-24-26/h4-11H,3H2,1-2H3,(H,21,27). The van der Waals surface area contributed by atoms with Gasteiger partial charge in [-0.15, -0.1) is 5.10 Å². The smallest absolute Gasteiger partial charge is 0.276 e. The molecule has 1 N–H and O–H groups in total. The van der Waals surface area contributed by atoms with Gasteiger partial charge in [-0.3, -0.25) is 9.59 Å². The summed E-state index contributed by atoms with van der Waals surface area (Å²) in [6, 6.07) is 12.4. The molecule has 2 heterocycles. The molecule has 0 aliphatic heterocycles. The molecule has 1 amide bonds. The maximum absolute atomic E-state index is 13.0. The summed E-state index contributed by atoms with van der Waals surface area (Å²) in [5.74, 6) is -0.398. The molecule has 0 atom stereocenters. The molecule has 2 aromatic heterocycles. The minimum atomic E-state index is -0.398. The number of rotatable bonds is 4. The van der Waals surface area contributed by atoms with Gasteiger partial charge in [-0.2, -0.15) is 5.10 Å². The van der Waals surface area contributed by atoms with Crippen LogP contribution in [0.4, 0.5) is 5.69 Å². The molecule has 0 saturated heterocycles. The Morgan fingerprint density at radius 2 is 1.93 bits per heavy atom.